The van der Waals surface area contributed by atoms with Gasteiger partial charge in [0.15, 0.2) is 0 Å². The van der Waals surface area contributed by atoms with Crippen molar-refractivity contribution in [3.05, 3.63) is 169 Å². The quantitative estimate of drug-likeness (QED) is 0.0893. The van der Waals surface area contributed by atoms with Crippen LogP contribution in [0.1, 0.15) is 0 Å². The van der Waals surface area contributed by atoms with Gasteiger partial charge in [-0.1, -0.05) is 108 Å². The van der Waals surface area contributed by atoms with E-state index in [4.69, 9.17) is 39.6 Å². The number of nitrogen functional groups attached to an aromatic ring is 1. The maximum absolute atomic E-state index is 13.8. The fraction of sp³-hybridized carbons (Fsp3) is 0.0270. The van der Waals surface area contributed by atoms with Crippen molar-refractivity contribution in [3.8, 4) is 0 Å². The highest BCUT2D eigenvalue weighted by atomic mass is 35.7. The smallest absolute Gasteiger partial charge is 0.264 e. The van der Waals surface area contributed by atoms with E-state index in [9.17, 15) is 25.6 Å². The van der Waals surface area contributed by atoms with E-state index in [0.29, 0.717) is 5.69 Å². The van der Waals surface area contributed by atoms with Gasteiger partial charge in [0.2, 0.25) is 0 Å². The van der Waals surface area contributed by atoms with E-state index in [-0.39, 0.29) is 10.2 Å². The van der Waals surface area contributed by atoms with Gasteiger partial charge in [-0.3, -0.25) is 4.72 Å². The first-order chi connectivity index (χ1) is 24.9. The predicted molar refractivity (Wildman–Crippen MR) is 212 cm³/mol. The second-order valence-corrected chi connectivity index (χ2v) is 17.1. The molecule has 0 unspecified atom stereocenters. The summed E-state index contributed by atoms with van der Waals surface area (Å²) in [7, 11) is -3.04. The van der Waals surface area contributed by atoms with Gasteiger partial charge in [-0.25, -0.2) is 25.6 Å². The molecule has 0 amide bonds. The van der Waals surface area contributed by atoms with Crippen LogP contribution >= 0.6 is 57.4 Å². The third kappa shape index (κ3) is 14.3. The average Bonchev–Trinajstić information content (AvgIpc) is 3.12. The summed E-state index contributed by atoms with van der Waals surface area (Å²) < 4.78 is 75.0. The van der Waals surface area contributed by atoms with Gasteiger partial charge in [0.05, 0.1) is 11.0 Å². The summed E-state index contributed by atoms with van der Waals surface area (Å²) in [6.07, 6.45) is 0. The zero-order valence-corrected chi connectivity index (χ0v) is 32.5. The number of nitrogens with two attached hydrogens (primary N) is 1. The molecule has 6 rings (SSSR count). The molecule has 0 spiro atoms. The van der Waals surface area contributed by atoms with Crippen LogP contribution in [0, 0.1) is 11.6 Å². The first-order valence-corrected chi connectivity index (χ1v) is 21.3. The van der Waals surface area contributed by atoms with Crippen molar-refractivity contribution >= 4 is 87.9 Å². The van der Waals surface area contributed by atoms with Gasteiger partial charge in [-0.05, 0) is 72.8 Å². The van der Waals surface area contributed by atoms with Crippen molar-refractivity contribution < 1.29 is 25.6 Å². The first kappa shape index (κ1) is 42.7. The van der Waals surface area contributed by atoms with E-state index in [1.807, 2.05) is 84.9 Å². The highest BCUT2D eigenvalue weighted by Gasteiger charge is 2.20. The summed E-state index contributed by atoms with van der Waals surface area (Å²) in [5.41, 5.74) is 7.09. The fourth-order valence-corrected chi connectivity index (χ4v) is 7.89. The van der Waals surface area contributed by atoms with Gasteiger partial charge >= 0.3 is 0 Å². The lowest BCUT2D eigenvalue weighted by atomic mass is 10.3. The number of hydrogen-bond acceptors (Lipinski definition) is 7. The van der Waals surface area contributed by atoms with Crippen molar-refractivity contribution in [1.29, 1.82) is 0 Å². The van der Waals surface area contributed by atoms with Gasteiger partial charge < -0.3 is 5.73 Å². The molecule has 0 saturated heterocycles. The summed E-state index contributed by atoms with van der Waals surface area (Å²) in [5.74, 6) is -1.61. The zero-order chi connectivity index (χ0) is 38.0. The number of benzene rings is 6. The summed E-state index contributed by atoms with van der Waals surface area (Å²) in [6.45, 7) is 0. The van der Waals surface area contributed by atoms with Crippen LogP contribution in [0.2, 0.25) is 0 Å². The Balaban J connectivity index is 0.000000220. The van der Waals surface area contributed by atoms with E-state index in [2.05, 4.69) is 16.9 Å². The van der Waals surface area contributed by atoms with Crippen LogP contribution in [0.3, 0.4) is 0 Å². The molecule has 0 aliphatic rings. The van der Waals surface area contributed by atoms with Crippen LogP contribution in [-0.4, -0.2) is 22.2 Å². The largest absolute Gasteiger partial charge is 0.398 e. The van der Waals surface area contributed by atoms with Crippen LogP contribution in [0.5, 0.6) is 0 Å². The maximum atomic E-state index is 13.8. The number of alkyl halides is 2. The van der Waals surface area contributed by atoms with Crippen molar-refractivity contribution in [2.45, 2.75) is 29.4 Å². The summed E-state index contributed by atoms with van der Waals surface area (Å²) in [5, 5.41) is 0.194. The number of sulfonamides is 1. The Morgan fingerprint density at radius 3 is 1.38 bits per heavy atom. The predicted octanol–water partition coefficient (Wildman–Crippen LogP) is 11.4. The first-order valence-electron chi connectivity index (χ1n) is 14.8. The Morgan fingerprint density at radius 1 is 0.538 bits per heavy atom. The van der Waals surface area contributed by atoms with Crippen LogP contribution < -0.4 is 10.5 Å². The molecule has 0 bridgehead atoms. The lowest BCUT2D eigenvalue weighted by Crippen LogP contribution is -2.15. The molecule has 0 aromatic heterocycles. The van der Waals surface area contributed by atoms with Gasteiger partial charge in [0.25, 0.3) is 19.1 Å². The minimum absolute atomic E-state index is 0.194. The van der Waals surface area contributed by atoms with Crippen LogP contribution in [-0.2, 0) is 19.1 Å². The average molecular weight is 840 g/mol. The maximum Gasteiger partial charge on any atom is 0.264 e. The van der Waals surface area contributed by atoms with Crippen molar-refractivity contribution in [1.82, 2.24) is 0 Å². The Hall–Kier alpha value is -3.75. The van der Waals surface area contributed by atoms with Gasteiger partial charge in [0, 0.05) is 36.0 Å². The molecule has 6 aromatic rings. The molecule has 52 heavy (non-hydrogen) atoms. The summed E-state index contributed by atoms with van der Waals surface area (Å²) in [6, 6.07) is 45.0. The number of anilines is 2. The number of rotatable bonds is 8. The van der Waals surface area contributed by atoms with Crippen molar-refractivity contribution in [2.75, 3.05) is 15.8 Å². The minimum Gasteiger partial charge on any atom is -0.398 e. The molecule has 0 fully saturated rings. The van der Waals surface area contributed by atoms with Crippen LogP contribution in [0.4, 0.5) is 20.2 Å². The normalized spacial score (nSPS) is 10.6. The van der Waals surface area contributed by atoms with Gasteiger partial charge in [-0.2, -0.15) is 0 Å². The molecule has 3 N–H and O–H groups in total. The van der Waals surface area contributed by atoms with E-state index in [1.54, 1.807) is 23.9 Å². The third-order valence-electron chi connectivity index (χ3n) is 6.22. The van der Waals surface area contributed by atoms with E-state index in [0.717, 1.165) is 38.6 Å². The molecule has 0 heterocycles. The number of hydrogen-bond donors (Lipinski definition) is 2. The molecule has 272 valence electrons. The second-order valence-electron chi connectivity index (χ2n) is 9.87. The van der Waals surface area contributed by atoms with Crippen LogP contribution in [0.15, 0.2) is 187 Å². The van der Waals surface area contributed by atoms with Crippen molar-refractivity contribution in [3.63, 3.8) is 0 Å². The SMILES string of the molecule is ClCCl.Nc1ccccc1Sc1ccccc1.O=S(=O)(Cl)c1ccccc1F.O=S(=O)(Nc1ccccc1Sc1ccccc1)c1ccccc1F. The monoisotopic (exact) mass is 838 g/mol. The summed E-state index contributed by atoms with van der Waals surface area (Å²) in [4.78, 5) is 3.19. The summed E-state index contributed by atoms with van der Waals surface area (Å²) >= 11 is 12.7. The zero-order valence-electron chi connectivity index (χ0n) is 27.0. The highest BCUT2D eigenvalue weighted by Crippen LogP contribution is 2.34. The molecular weight excluding hydrogens is 809 g/mol. The molecule has 6 nitrogen and oxygen atoms in total. The van der Waals surface area contributed by atoms with E-state index < -0.39 is 35.6 Å². The number of halogens is 5. The Labute approximate surface area is 325 Å². The number of nitrogens with one attached hydrogen (secondary N) is 1. The fourth-order valence-electron chi connectivity index (χ4n) is 3.95. The molecule has 6 aromatic carbocycles. The second kappa shape index (κ2) is 21.7. The van der Waals surface area contributed by atoms with Gasteiger partial charge in [0.1, 0.15) is 21.4 Å². The molecule has 0 saturated carbocycles. The molecule has 0 aliphatic heterocycles. The highest BCUT2D eigenvalue weighted by molar-refractivity contribution is 8.13. The van der Waals surface area contributed by atoms with E-state index in [1.165, 1.54) is 47.0 Å². The lowest BCUT2D eigenvalue weighted by Gasteiger charge is -2.12. The molecule has 0 radical (unpaired) electrons. The standard InChI is InChI=1S/C18H14FNO2S2.C12H11NS.C6H4ClFO2S.CH2Cl2/c19-15-10-4-7-13-18(15)24(21,22)20-16-11-5-6-12-17(16)23-14-8-2-1-3-9-14;13-11-8-4-5-9-12(11)14-10-6-2-1-3-7-10;7-11(9,10)6-4-2-1-3-5(6)8;2-1-3/h1-13,20H;1-9H,13H2;1-4H;1H2. The topological polar surface area (TPSA) is 106 Å². The van der Waals surface area contributed by atoms with E-state index >= 15 is 0 Å². The number of para-hydroxylation sites is 2. The third-order valence-corrected chi connectivity index (χ3v) is 11.2. The Kier molecular flexibility index (Phi) is 17.8. The van der Waals surface area contributed by atoms with Gasteiger partial charge in [-0.15, -0.1) is 23.2 Å². The molecule has 0 atom stereocenters. The molecular formula is C37H31Cl3F2N2O4S4. The Morgan fingerprint density at radius 2 is 0.923 bits per heavy atom. The Bertz CT molecular complexity index is 2220. The molecule has 15 heteroatoms. The molecule has 0 aliphatic carbocycles. The van der Waals surface area contributed by atoms with Crippen LogP contribution in [0.25, 0.3) is 0 Å². The lowest BCUT2D eigenvalue weighted by molar-refractivity contribution is 0.569. The minimum atomic E-state index is -4.00. The van der Waals surface area contributed by atoms with Crippen molar-refractivity contribution in [2.24, 2.45) is 0 Å².